The van der Waals surface area contributed by atoms with Crippen LogP contribution in [-0.4, -0.2) is 21.7 Å². The first-order valence-electron chi connectivity index (χ1n) is 5.21. The Morgan fingerprint density at radius 2 is 2.53 bits per heavy atom. The van der Waals surface area contributed by atoms with Crippen LogP contribution in [0, 0.1) is 5.92 Å². The van der Waals surface area contributed by atoms with Gasteiger partial charge in [-0.1, -0.05) is 13.3 Å². The predicted octanol–water partition coefficient (Wildman–Crippen LogP) is 0.531. The molecule has 0 radical (unpaired) electrons. The summed E-state index contributed by atoms with van der Waals surface area (Å²) >= 11 is 0. The fourth-order valence-electron chi connectivity index (χ4n) is 1.74. The predicted molar refractivity (Wildman–Crippen MR) is 57.3 cm³/mol. The third kappa shape index (κ3) is 1.82. The number of anilines is 1. The minimum absolute atomic E-state index is 0.110. The molecule has 2 rings (SSSR count). The van der Waals surface area contributed by atoms with Crippen LogP contribution in [0.2, 0.25) is 0 Å². The van der Waals surface area contributed by atoms with Crippen LogP contribution in [0.4, 0.5) is 5.82 Å². The van der Waals surface area contributed by atoms with E-state index in [-0.39, 0.29) is 5.91 Å². The fraction of sp³-hybridized carbons (Fsp3) is 0.600. The van der Waals surface area contributed by atoms with Gasteiger partial charge in [0.05, 0.1) is 6.20 Å². The number of rotatable bonds is 3. The molecule has 82 valence electrons. The van der Waals surface area contributed by atoms with Gasteiger partial charge >= 0.3 is 0 Å². The van der Waals surface area contributed by atoms with Crippen LogP contribution in [0.5, 0.6) is 0 Å². The van der Waals surface area contributed by atoms with Gasteiger partial charge in [0.2, 0.25) is 0 Å². The van der Waals surface area contributed by atoms with E-state index in [0.29, 0.717) is 23.3 Å². The summed E-state index contributed by atoms with van der Waals surface area (Å²) < 4.78 is 1.50. The van der Waals surface area contributed by atoms with Crippen molar-refractivity contribution in [2.45, 2.75) is 25.8 Å². The number of hydrogen-bond donors (Lipinski definition) is 2. The molecule has 0 bridgehead atoms. The van der Waals surface area contributed by atoms with E-state index in [0.717, 1.165) is 12.8 Å². The second kappa shape index (κ2) is 3.56. The van der Waals surface area contributed by atoms with Crippen molar-refractivity contribution in [3.8, 4) is 0 Å². The first kappa shape index (κ1) is 10.0. The Bertz CT molecular complexity index is 385. The molecule has 3 N–H and O–H groups in total. The van der Waals surface area contributed by atoms with E-state index in [9.17, 15) is 4.79 Å². The summed E-state index contributed by atoms with van der Waals surface area (Å²) in [7, 11) is 1.72. The van der Waals surface area contributed by atoms with Crippen LogP contribution in [0.25, 0.3) is 0 Å². The molecule has 5 nitrogen and oxygen atoms in total. The zero-order chi connectivity index (χ0) is 11.0. The number of carbonyl (C=O) groups is 1. The van der Waals surface area contributed by atoms with Gasteiger partial charge in [0, 0.05) is 13.1 Å². The summed E-state index contributed by atoms with van der Waals surface area (Å²) in [5.41, 5.74) is 6.18. The zero-order valence-electron chi connectivity index (χ0n) is 9.03. The largest absolute Gasteiger partial charge is 0.383 e. The van der Waals surface area contributed by atoms with Crippen molar-refractivity contribution >= 4 is 11.7 Å². The minimum Gasteiger partial charge on any atom is -0.383 e. The number of carbonyl (C=O) groups excluding carboxylic acids is 1. The number of nitrogens with zero attached hydrogens (tertiary/aromatic N) is 2. The first-order chi connectivity index (χ1) is 7.13. The highest BCUT2D eigenvalue weighted by molar-refractivity contribution is 5.98. The van der Waals surface area contributed by atoms with Crippen LogP contribution in [-0.2, 0) is 7.05 Å². The molecule has 1 heterocycles. The van der Waals surface area contributed by atoms with E-state index in [2.05, 4.69) is 17.3 Å². The number of aryl methyl sites for hydroxylation is 1. The molecule has 1 saturated carbocycles. The Morgan fingerprint density at radius 3 is 3.00 bits per heavy atom. The lowest BCUT2D eigenvalue weighted by atomic mass is 10.3. The van der Waals surface area contributed by atoms with Gasteiger partial charge in [-0.25, -0.2) is 0 Å². The minimum atomic E-state index is -0.110. The number of nitrogens with two attached hydrogens (primary N) is 1. The van der Waals surface area contributed by atoms with Gasteiger partial charge in [0.1, 0.15) is 11.4 Å². The Hall–Kier alpha value is -1.52. The molecule has 2 unspecified atom stereocenters. The molecule has 1 aliphatic rings. The lowest BCUT2D eigenvalue weighted by Gasteiger charge is -2.03. The van der Waals surface area contributed by atoms with Crippen molar-refractivity contribution in [1.82, 2.24) is 15.1 Å². The van der Waals surface area contributed by atoms with Crippen LogP contribution < -0.4 is 11.1 Å². The second-order valence-corrected chi connectivity index (χ2v) is 4.05. The van der Waals surface area contributed by atoms with Gasteiger partial charge in [-0.05, 0) is 12.3 Å². The van der Waals surface area contributed by atoms with Gasteiger partial charge in [-0.2, -0.15) is 5.10 Å². The van der Waals surface area contributed by atoms with E-state index in [1.54, 1.807) is 7.05 Å². The zero-order valence-corrected chi connectivity index (χ0v) is 9.03. The highest BCUT2D eigenvalue weighted by Gasteiger charge is 2.37. The monoisotopic (exact) mass is 208 g/mol. The molecule has 2 atom stereocenters. The van der Waals surface area contributed by atoms with Crippen LogP contribution in [0.15, 0.2) is 6.20 Å². The topological polar surface area (TPSA) is 72.9 Å². The average molecular weight is 208 g/mol. The SMILES string of the molecule is CCC1CC1NC(=O)c1cnn(C)c1N. The smallest absolute Gasteiger partial charge is 0.256 e. The molecular weight excluding hydrogens is 192 g/mol. The van der Waals surface area contributed by atoms with Gasteiger partial charge in [-0.3, -0.25) is 9.48 Å². The third-order valence-corrected chi connectivity index (χ3v) is 2.99. The number of aromatic nitrogens is 2. The second-order valence-electron chi connectivity index (χ2n) is 4.05. The lowest BCUT2D eigenvalue weighted by molar-refractivity contribution is 0.0950. The molecule has 0 saturated heterocycles. The molecule has 1 aromatic heterocycles. The Labute approximate surface area is 88.6 Å². The Kier molecular flexibility index (Phi) is 2.38. The highest BCUT2D eigenvalue weighted by atomic mass is 16.1. The third-order valence-electron chi connectivity index (χ3n) is 2.99. The van der Waals surface area contributed by atoms with E-state index in [4.69, 9.17) is 5.73 Å². The number of nitrogens with one attached hydrogen (secondary N) is 1. The van der Waals surface area contributed by atoms with Crippen molar-refractivity contribution in [2.75, 3.05) is 5.73 Å². The number of hydrogen-bond acceptors (Lipinski definition) is 3. The summed E-state index contributed by atoms with van der Waals surface area (Å²) in [6, 6.07) is 0.335. The highest BCUT2D eigenvalue weighted by Crippen LogP contribution is 2.33. The van der Waals surface area contributed by atoms with Crippen molar-refractivity contribution < 1.29 is 4.79 Å². The summed E-state index contributed by atoms with van der Waals surface area (Å²) in [4.78, 5) is 11.7. The Balaban J connectivity index is 2.00. The quantitative estimate of drug-likeness (QED) is 0.761. The molecule has 1 fully saturated rings. The van der Waals surface area contributed by atoms with Gasteiger partial charge in [0.15, 0.2) is 0 Å². The summed E-state index contributed by atoms with van der Waals surface area (Å²) in [6.07, 6.45) is 3.71. The number of nitrogen functional groups attached to an aromatic ring is 1. The van der Waals surface area contributed by atoms with E-state index in [1.807, 2.05) is 0 Å². The lowest BCUT2D eigenvalue weighted by Crippen LogP contribution is -2.27. The van der Waals surface area contributed by atoms with Crippen molar-refractivity contribution in [3.05, 3.63) is 11.8 Å². The molecule has 0 spiro atoms. The molecule has 15 heavy (non-hydrogen) atoms. The molecule has 1 aliphatic carbocycles. The van der Waals surface area contributed by atoms with Gasteiger partial charge < -0.3 is 11.1 Å². The molecule has 5 heteroatoms. The first-order valence-corrected chi connectivity index (χ1v) is 5.21. The van der Waals surface area contributed by atoms with E-state index >= 15 is 0 Å². The van der Waals surface area contributed by atoms with E-state index in [1.165, 1.54) is 10.9 Å². The normalized spacial score (nSPS) is 23.9. The van der Waals surface area contributed by atoms with Crippen molar-refractivity contribution in [3.63, 3.8) is 0 Å². The fourth-order valence-corrected chi connectivity index (χ4v) is 1.74. The maximum atomic E-state index is 11.7. The standard InChI is InChI=1S/C10H16N4O/c1-3-6-4-8(6)13-10(15)7-5-12-14(2)9(7)11/h5-6,8H,3-4,11H2,1-2H3,(H,13,15). The van der Waals surface area contributed by atoms with Crippen molar-refractivity contribution in [2.24, 2.45) is 13.0 Å². The molecule has 1 aromatic rings. The maximum Gasteiger partial charge on any atom is 0.256 e. The van der Waals surface area contributed by atoms with Crippen LogP contribution in [0.3, 0.4) is 0 Å². The summed E-state index contributed by atoms with van der Waals surface area (Å²) in [6.45, 7) is 2.13. The molecule has 1 amide bonds. The van der Waals surface area contributed by atoms with Crippen molar-refractivity contribution in [1.29, 1.82) is 0 Å². The maximum absolute atomic E-state index is 11.7. The average Bonchev–Trinajstić information content (AvgIpc) is 2.87. The van der Waals surface area contributed by atoms with Gasteiger partial charge in [0.25, 0.3) is 5.91 Å². The summed E-state index contributed by atoms with van der Waals surface area (Å²) in [5, 5.41) is 6.89. The molecule has 0 aliphatic heterocycles. The number of amides is 1. The van der Waals surface area contributed by atoms with E-state index < -0.39 is 0 Å². The molecule has 0 aromatic carbocycles. The van der Waals surface area contributed by atoms with Gasteiger partial charge in [-0.15, -0.1) is 0 Å². The van der Waals surface area contributed by atoms with Crippen LogP contribution in [0.1, 0.15) is 30.1 Å². The summed E-state index contributed by atoms with van der Waals surface area (Å²) in [5.74, 6) is 0.953. The molecular formula is C10H16N4O. The van der Waals surface area contributed by atoms with Crippen LogP contribution >= 0.6 is 0 Å². The Morgan fingerprint density at radius 1 is 1.80 bits per heavy atom.